The predicted octanol–water partition coefficient (Wildman–Crippen LogP) is 3.05. The van der Waals surface area contributed by atoms with E-state index in [-0.39, 0.29) is 50.1 Å². The zero-order chi connectivity index (χ0) is 35.1. The van der Waals surface area contributed by atoms with Crippen LogP contribution in [0.1, 0.15) is 71.8 Å². The van der Waals surface area contributed by atoms with Crippen molar-refractivity contribution in [2.75, 3.05) is 53.6 Å². The maximum atomic E-state index is 14.8. The second-order valence-corrected chi connectivity index (χ2v) is 20.1. The number of hydrogen-bond donors (Lipinski definition) is 1. The van der Waals surface area contributed by atoms with Crippen molar-refractivity contribution in [3.05, 3.63) is 53.1 Å². The van der Waals surface area contributed by atoms with E-state index in [0.29, 0.717) is 17.7 Å². The van der Waals surface area contributed by atoms with Gasteiger partial charge in [0, 0.05) is 74.8 Å². The Balaban J connectivity index is 1.42. The molecule has 2 aliphatic heterocycles. The van der Waals surface area contributed by atoms with Crippen molar-refractivity contribution >= 4 is 47.1 Å². The van der Waals surface area contributed by atoms with Crippen LogP contribution in [-0.2, 0) is 36.8 Å². The summed E-state index contributed by atoms with van der Waals surface area (Å²) in [6, 6.07) is 11.0. The molecule has 1 N–H and O–H groups in total. The monoisotopic (exact) mass is 733 g/mol. The Bertz CT molecular complexity index is 2170. The molecule has 266 valence electrons. The number of benzene rings is 2. The van der Waals surface area contributed by atoms with Crippen molar-refractivity contribution < 1.29 is 34.8 Å². The Kier molecular flexibility index (Phi) is 8.47. The number of sulfonamides is 2. The largest absolute Gasteiger partial charge is 0.497 e. The molecule has 1 amide bonds. The Morgan fingerprint density at radius 3 is 2.22 bits per heavy atom. The molecule has 2 unspecified atom stereocenters. The molecule has 0 bridgehead atoms. The fraction of sp³-hybridized carbons (Fsp3) is 0.545. The molecular weight excluding hydrogens is 691 g/mol. The molecule has 1 saturated heterocycles. The summed E-state index contributed by atoms with van der Waals surface area (Å²) in [5.41, 5.74) is 4.71. The number of carbonyl (C=O) groups is 1. The van der Waals surface area contributed by atoms with Crippen molar-refractivity contribution in [3.8, 4) is 17.0 Å². The quantitative estimate of drug-likeness (QED) is 0.371. The van der Waals surface area contributed by atoms with Gasteiger partial charge in [0.2, 0.25) is 20.0 Å². The van der Waals surface area contributed by atoms with Crippen LogP contribution in [0.25, 0.3) is 22.2 Å². The topological polar surface area (TPSA) is 155 Å². The first kappa shape index (κ1) is 34.4. The normalized spacial score (nSPS) is 23.8. The zero-order valence-corrected chi connectivity index (χ0v) is 30.6. The van der Waals surface area contributed by atoms with Crippen LogP contribution in [0.5, 0.6) is 5.75 Å². The van der Waals surface area contributed by atoms with Crippen LogP contribution in [-0.4, -0.2) is 107 Å². The molecule has 2 aromatic carbocycles. The molecule has 3 fully saturated rings. The van der Waals surface area contributed by atoms with Gasteiger partial charge in [0.1, 0.15) is 10.5 Å². The number of amides is 1. The molecule has 0 radical (unpaired) electrons. The third-order valence-corrected chi connectivity index (χ3v) is 16.3. The van der Waals surface area contributed by atoms with Crippen LogP contribution < -0.4 is 9.46 Å². The molecule has 0 spiro atoms. The van der Waals surface area contributed by atoms with E-state index in [1.54, 1.807) is 19.2 Å². The van der Waals surface area contributed by atoms with E-state index >= 15 is 0 Å². The van der Waals surface area contributed by atoms with Gasteiger partial charge in [0.15, 0.2) is 0 Å². The number of fused-ring (bicyclic) bond motifs is 7. The first-order valence-electron chi connectivity index (χ1n) is 16.6. The average molecular weight is 734 g/mol. The zero-order valence-electron chi connectivity index (χ0n) is 28.2. The molecule has 16 heteroatoms. The highest BCUT2D eigenvalue weighted by Crippen LogP contribution is 2.64. The van der Waals surface area contributed by atoms with Crippen LogP contribution in [0.3, 0.4) is 0 Å². The van der Waals surface area contributed by atoms with Crippen molar-refractivity contribution in [1.82, 2.24) is 22.2 Å². The van der Waals surface area contributed by atoms with Crippen molar-refractivity contribution in [2.24, 2.45) is 0 Å². The molecule has 2 aliphatic carbocycles. The smallest absolute Gasteiger partial charge is 0.303 e. The van der Waals surface area contributed by atoms with E-state index < -0.39 is 40.9 Å². The van der Waals surface area contributed by atoms with Crippen LogP contribution in [0.15, 0.2) is 36.4 Å². The second-order valence-electron chi connectivity index (χ2n) is 14.0. The first-order valence-corrected chi connectivity index (χ1v) is 21.4. The van der Waals surface area contributed by atoms with Crippen molar-refractivity contribution in [2.45, 2.75) is 61.7 Å². The van der Waals surface area contributed by atoms with Gasteiger partial charge in [-0.1, -0.05) is 25.3 Å². The Hall–Kier alpha value is -3.02. The number of hydrogen-bond acceptors (Lipinski definition) is 8. The Labute approximate surface area is 288 Å². The lowest BCUT2D eigenvalue weighted by Crippen LogP contribution is -2.53. The van der Waals surface area contributed by atoms with Crippen LogP contribution in [0, 0.1) is 0 Å². The average Bonchev–Trinajstić information content (AvgIpc) is 3.75. The maximum absolute atomic E-state index is 14.8. The summed E-state index contributed by atoms with van der Waals surface area (Å²) in [7, 11) is -7.21. The standard InChI is InChI=1S/C33H43N5O8S3/c1-35(2)49(44,45)34-32(39)23-10-12-26-29(18-23)38-21-33(48(42,43)37-16-14-36(15-17-37)47(4,40)41)20-28(33)27-19-24(46-3)11-13-25(27)31(38)30(26)22-8-6-5-7-9-22/h10-13,18-19,22,28H,5-9,14-17,20-21H2,1-4H3,(H,34,39). The fourth-order valence-electron chi connectivity index (χ4n) is 8.20. The van der Waals surface area contributed by atoms with Gasteiger partial charge in [-0.05, 0) is 66.6 Å². The number of rotatable bonds is 8. The van der Waals surface area contributed by atoms with Gasteiger partial charge in [-0.25, -0.2) is 21.6 Å². The van der Waals surface area contributed by atoms with Crippen molar-refractivity contribution in [3.63, 3.8) is 0 Å². The minimum atomic E-state index is -4.05. The molecule has 7 rings (SSSR count). The van der Waals surface area contributed by atoms with Gasteiger partial charge >= 0.3 is 10.2 Å². The summed E-state index contributed by atoms with van der Waals surface area (Å²) in [6.45, 7) is 0.420. The molecule has 3 aromatic rings. The summed E-state index contributed by atoms with van der Waals surface area (Å²) >= 11 is 0. The van der Waals surface area contributed by atoms with E-state index in [1.165, 1.54) is 22.7 Å². The predicted molar refractivity (Wildman–Crippen MR) is 187 cm³/mol. The van der Waals surface area contributed by atoms with Crippen LogP contribution in [0.2, 0.25) is 0 Å². The second kappa shape index (κ2) is 12.0. The van der Waals surface area contributed by atoms with E-state index in [1.807, 2.05) is 24.3 Å². The highest BCUT2D eigenvalue weighted by atomic mass is 32.2. The van der Waals surface area contributed by atoms with Gasteiger partial charge in [0.05, 0.1) is 19.1 Å². The first-order chi connectivity index (χ1) is 23.1. The van der Waals surface area contributed by atoms with E-state index in [0.717, 1.165) is 70.4 Å². The van der Waals surface area contributed by atoms with Gasteiger partial charge < -0.3 is 9.30 Å². The van der Waals surface area contributed by atoms with Gasteiger partial charge in [0.25, 0.3) is 5.91 Å². The lowest BCUT2D eigenvalue weighted by atomic mass is 9.81. The lowest BCUT2D eigenvalue weighted by Gasteiger charge is -2.35. The van der Waals surface area contributed by atoms with E-state index in [2.05, 4.69) is 9.29 Å². The molecule has 4 aliphatic rings. The lowest BCUT2D eigenvalue weighted by molar-refractivity contribution is 0.0979. The number of carbonyl (C=O) groups excluding carboxylic acids is 1. The minimum absolute atomic E-state index is 0.0616. The molecule has 49 heavy (non-hydrogen) atoms. The molecule has 2 saturated carbocycles. The fourth-order valence-corrected chi connectivity index (χ4v) is 11.9. The van der Waals surface area contributed by atoms with Crippen molar-refractivity contribution in [1.29, 1.82) is 0 Å². The molecule has 2 atom stereocenters. The third kappa shape index (κ3) is 5.68. The number of ether oxygens (including phenoxy) is 1. The molecular formula is C33H43N5O8S3. The summed E-state index contributed by atoms with van der Waals surface area (Å²) in [4.78, 5) is 13.3. The SMILES string of the molecule is COc1ccc2c(c1)C1CC1(S(=O)(=O)N1CCN(S(C)(=O)=O)CC1)Cn1c-2c(C2CCCCC2)c2ccc(C(=O)NS(=O)(=O)N(C)C)cc21. The number of aromatic nitrogens is 1. The summed E-state index contributed by atoms with van der Waals surface area (Å²) in [5.74, 6) is -0.258. The number of nitrogens with one attached hydrogen (secondary N) is 1. The summed E-state index contributed by atoms with van der Waals surface area (Å²) < 4.78 is 91.4. The molecule has 1 aromatic heterocycles. The van der Waals surface area contributed by atoms with E-state index in [4.69, 9.17) is 4.74 Å². The number of methoxy groups -OCH3 is 1. The Morgan fingerprint density at radius 2 is 1.59 bits per heavy atom. The Morgan fingerprint density at radius 1 is 0.918 bits per heavy atom. The van der Waals surface area contributed by atoms with Crippen LogP contribution in [0.4, 0.5) is 0 Å². The van der Waals surface area contributed by atoms with Gasteiger partial charge in [-0.15, -0.1) is 0 Å². The highest BCUT2D eigenvalue weighted by Gasteiger charge is 2.67. The van der Waals surface area contributed by atoms with E-state index in [9.17, 15) is 30.0 Å². The highest BCUT2D eigenvalue weighted by molar-refractivity contribution is 7.91. The van der Waals surface area contributed by atoms with Crippen LogP contribution >= 0.6 is 0 Å². The summed E-state index contributed by atoms with van der Waals surface area (Å²) in [5, 5.41) is 0.920. The van der Waals surface area contributed by atoms with Gasteiger partial charge in [-0.2, -0.15) is 21.3 Å². The number of nitrogens with zero attached hydrogens (tertiary/aromatic N) is 4. The maximum Gasteiger partial charge on any atom is 0.303 e. The number of piperazine rings is 1. The summed E-state index contributed by atoms with van der Waals surface area (Å²) in [6.07, 6.45) is 6.79. The third-order valence-electron chi connectivity index (χ3n) is 10.9. The van der Waals surface area contributed by atoms with Gasteiger partial charge in [-0.3, -0.25) is 4.79 Å². The minimum Gasteiger partial charge on any atom is -0.497 e. The molecule has 13 nitrogen and oxygen atoms in total. The molecule has 3 heterocycles.